The molecule has 1 atom stereocenters. The standard InChI is InChI=1S/C15H19NO6/c1-15(9-20-2,8-12(17)18)16-14(19)10-4-3-5-11-13(10)22-7-6-21-11/h3-5H,6-9H2,1-2H3,(H,16,19)(H,17,18). The van der Waals surface area contributed by atoms with Crippen molar-refractivity contribution in [3.8, 4) is 11.5 Å². The summed E-state index contributed by atoms with van der Waals surface area (Å²) in [6.07, 6.45) is -0.251. The van der Waals surface area contributed by atoms with Gasteiger partial charge in [-0.05, 0) is 19.1 Å². The van der Waals surface area contributed by atoms with E-state index in [0.29, 0.717) is 30.3 Å². The van der Waals surface area contributed by atoms with E-state index in [2.05, 4.69) is 5.32 Å². The lowest BCUT2D eigenvalue weighted by Gasteiger charge is -2.29. The molecule has 1 aliphatic heterocycles. The van der Waals surface area contributed by atoms with Crippen molar-refractivity contribution >= 4 is 11.9 Å². The summed E-state index contributed by atoms with van der Waals surface area (Å²) >= 11 is 0. The molecule has 2 N–H and O–H groups in total. The molecule has 0 bridgehead atoms. The van der Waals surface area contributed by atoms with Crippen LogP contribution in [0.25, 0.3) is 0 Å². The average molecular weight is 309 g/mol. The van der Waals surface area contributed by atoms with Crippen LogP contribution in [0.2, 0.25) is 0 Å². The van der Waals surface area contributed by atoms with Gasteiger partial charge in [0.1, 0.15) is 13.2 Å². The van der Waals surface area contributed by atoms with Crippen molar-refractivity contribution in [2.75, 3.05) is 26.9 Å². The van der Waals surface area contributed by atoms with Gasteiger partial charge in [0.25, 0.3) is 5.91 Å². The first-order chi connectivity index (χ1) is 10.4. The number of fused-ring (bicyclic) bond motifs is 1. The zero-order valence-electron chi connectivity index (χ0n) is 12.5. The van der Waals surface area contributed by atoms with E-state index in [1.807, 2.05) is 0 Å². The van der Waals surface area contributed by atoms with Gasteiger partial charge < -0.3 is 24.6 Å². The summed E-state index contributed by atoms with van der Waals surface area (Å²) in [4.78, 5) is 23.5. The number of nitrogens with one attached hydrogen (secondary N) is 1. The Kier molecular flexibility index (Phi) is 4.87. The SMILES string of the molecule is COCC(C)(CC(=O)O)NC(=O)c1cccc2c1OCCO2. The molecule has 0 radical (unpaired) electrons. The molecule has 1 unspecified atom stereocenters. The maximum absolute atomic E-state index is 12.5. The predicted octanol–water partition coefficient (Wildman–Crippen LogP) is 1.07. The Morgan fingerprint density at radius 3 is 2.77 bits per heavy atom. The summed E-state index contributed by atoms with van der Waals surface area (Å²) in [7, 11) is 1.45. The number of para-hydroxylation sites is 1. The van der Waals surface area contributed by atoms with Gasteiger partial charge in [0.05, 0.1) is 24.1 Å². The van der Waals surface area contributed by atoms with Gasteiger partial charge >= 0.3 is 5.97 Å². The molecule has 22 heavy (non-hydrogen) atoms. The molecule has 7 nitrogen and oxygen atoms in total. The van der Waals surface area contributed by atoms with Crippen LogP contribution in [-0.2, 0) is 9.53 Å². The molecule has 0 fully saturated rings. The molecule has 1 aromatic carbocycles. The minimum Gasteiger partial charge on any atom is -0.486 e. The normalized spacial score (nSPS) is 15.7. The lowest BCUT2D eigenvalue weighted by Crippen LogP contribution is -2.50. The van der Waals surface area contributed by atoms with Gasteiger partial charge in [-0.2, -0.15) is 0 Å². The second-order valence-electron chi connectivity index (χ2n) is 5.35. The van der Waals surface area contributed by atoms with Gasteiger partial charge in [0.15, 0.2) is 11.5 Å². The monoisotopic (exact) mass is 309 g/mol. The molecule has 1 aromatic rings. The van der Waals surface area contributed by atoms with Crippen LogP contribution in [0.3, 0.4) is 0 Å². The number of ether oxygens (including phenoxy) is 3. The topological polar surface area (TPSA) is 94.1 Å². The van der Waals surface area contributed by atoms with Gasteiger partial charge in [-0.25, -0.2) is 0 Å². The smallest absolute Gasteiger partial charge is 0.305 e. The van der Waals surface area contributed by atoms with Crippen LogP contribution in [-0.4, -0.2) is 49.5 Å². The summed E-state index contributed by atoms with van der Waals surface area (Å²) < 4.78 is 16.0. The van der Waals surface area contributed by atoms with Gasteiger partial charge in [-0.3, -0.25) is 9.59 Å². The number of hydrogen-bond donors (Lipinski definition) is 2. The van der Waals surface area contributed by atoms with Crippen LogP contribution >= 0.6 is 0 Å². The number of carbonyl (C=O) groups excluding carboxylic acids is 1. The summed E-state index contributed by atoms with van der Waals surface area (Å²) in [5.41, 5.74) is -0.708. The van der Waals surface area contributed by atoms with Crippen LogP contribution in [0.5, 0.6) is 11.5 Å². The molecule has 1 heterocycles. The van der Waals surface area contributed by atoms with E-state index in [4.69, 9.17) is 19.3 Å². The Balaban J connectivity index is 2.22. The first-order valence-electron chi connectivity index (χ1n) is 6.87. The number of benzene rings is 1. The van der Waals surface area contributed by atoms with Crippen molar-refractivity contribution in [2.45, 2.75) is 18.9 Å². The number of carboxylic acid groups (broad SMARTS) is 1. The van der Waals surface area contributed by atoms with Gasteiger partial charge in [0, 0.05) is 7.11 Å². The molecule has 1 amide bonds. The maximum atomic E-state index is 12.5. The number of aliphatic carboxylic acids is 1. The lowest BCUT2D eigenvalue weighted by atomic mass is 9.98. The predicted molar refractivity (Wildman–Crippen MR) is 77.4 cm³/mol. The third-order valence-electron chi connectivity index (χ3n) is 3.23. The fourth-order valence-corrected chi connectivity index (χ4v) is 2.38. The fraction of sp³-hybridized carbons (Fsp3) is 0.467. The molecular weight excluding hydrogens is 290 g/mol. The summed E-state index contributed by atoms with van der Waals surface area (Å²) in [6, 6.07) is 5.01. The Hall–Kier alpha value is -2.28. The van der Waals surface area contributed by atoms with E-state index in [9.17, 15) is 9.59 Å². The Morgan fingerprint density at radius 2 is 2.09 bits per heavy atom. The Morgan fingerprint density at radius 1 is 1.36 bits per heavy atom. The highest BCUT2D eigenvalue weighted by Gasteiger charge is 2.31. The quantitative estimate of drug-likeness (QED) is 0.816. The molecule has 0 aliphatic carbocycles. The van der Waals surface area contributed by atoms with Crippen LogP contribution in [0.15, 0.2) is 18.2 Å². The first kappa shape index (κ1) is 16.1. The Bertz CT molecular complexity index is 573. The number of rotatable bonds is 6. The number of carboxylic acids is 1. The minimum absolute atomic E-state index is 0.0808. The van der Waals surface area contributed by atoms with E-state index in [0.717, 1.165) is 0 Å². The van der Waals surface area contributed by atoms with Crippen molar-refractivity contribution in [3.05, 3.63) is 23.8 Å². The van der Waals surface area contributed by atoms with Crippen molar-refractivity contribution in [3.63, 3.8) is 0 Å². The number of hydrogen-bond acceptors (Lipinski definition) is 5. The first-order valence-corrected chi connectivity index (χ1v) is 6.87. The van der Waals surface area contributed by atoms with Gasteiger partial charge in [-0.1, -0.05) is 6.07 Å². The van der Waals surface area contributed by atoms with E-state index in [-0.39, 0.29) is 13.0 Å². The summed E-state index contributed by atoms with van der Waals surface area (Å²) in [5.74, 6) is -0.565. The molecule has 120 valence electrons. The van der Waals surface area contributed by atoms with Crippen LogP contribution < -0.4 is 14.8 Å². The zero-order valence-corrected chi connectivity index (χ0v) is 12.5. The largest absolute Gasteiger partial charge is 0.486 e. The minimum atomic E-state index is -1.02. The molecule has 0 saturated carbocycles. The second-order valence-corrected chi connectivity index (χ2v) is 5.35. The summed E-state index contributed by atoms with van der Waals surface area (Å²) in [6.45, 7) is 2.49. The van der Waals surface area contributed by atoms with E-state index >= 15 is 0 Å². The van der Waals surface area contributed by atoms with E-state index in [1.54, 1.807) is 25.1 Å². The molecule has 7 heteroatoms. The second kappa shape index (κ2) is 6.65. The highest BCUT2D eigenvalue weighted by atomic mass is 16.6. The third-order valence-corrected chi connectivity index (χ3v) is 3.23. The van der Waals surface area contributed by atoms with Crippen molar-refractivity contribution in [1.82, 2.24) is 5.32 Å². The van der Waals surface area contributed by atoms with Crippen molar-refractivity contribution in [2.24, 2.45) is 0 Å². The van der Waals surface area contributed by atoms with E-state index < -0.39 is 17.4 Å². The van der Waals surface area contributed by atoms with Crippen LogP contribution in [0.1, 0.15) is 23.7 Å². The molecule has 1 aliphatic rings. The number of carbonyl (C=O) groups is 2. The van der Waals surface area contributed by atoms with Crippen LogP contribution in [0, 0.1) is 0 Å². The zero-order chi connectivity index (χ0) is 16.2. The third kappa shape index (κ3) is 3.67. The maximum Gasteiger partial charge on any atom is 0.305 e. The number of methoxy groups -OCH3 is 1. The van der Waals surface area contributed by atoms with Gasteiger partial charge in [-0.15, -0.1) is 0 Å². The number of amides is 1. The van der Waals surface area contributed by atoms with Crippen LogP contribution in [0.4, 0.5) is 0 Å². The summed E-state index contributed by atoms with van der Waals surface area (Å²) in [5, 5.41) is 11.7. The molecule has 2 rings (SSSR count). The van der Waals surface area contributed by atoms with Gasteiger partial charge in [0.2, 0.25) is 0 Å². The average Bonchev–Trinajstić information content (AvgIpc) is 2.45. The van der Waals surface area contributed by atoms with Crippen molar-refractivity contribution in [1.29, 1.82) is 0 Å². The van der Waals surface area contributed by atoms with E-state index in [1.165, 1.54) is 7.11 Å². The molecule has 0 spiro atoms. The molecule has 0 aromatic heterocycles. The fourth-order valence-electron chi connectivity index (χ4n) is 2.38. The molecular formula is C15H19NO6. The molecule has 0 saturated heterocycles. The Labute approximate surface area is 128 Å². The highest BCUT2D eigenvalue weighted by molar-refractivity contribution is 5.98. The lowest BCUT2D eigenvalue weighted by molar-refractivity contribution is -0.139. The highest BCUT2D eigenvalue weighted by Crippen LogP contribution is 2.33. The van der Waals surface area contributed by atoms with Crippen molar-refractivity contribution < 1.29 is 28.9 Å².